The summed E-state index contributed by atoms with van der Waals surface area (Å²) in [5, 5.41) is 11.7. The van der Waals surface area contributed by atoms with Gasteiger partial charge in [-0.2, -0.15) is 0 Å². The molecule has 0 saturated heterocycles. The molecule has 1 rings (SSSR count). The lowest BCUT2D eigenvalue weighted by Crippen LogP contribution is -2.57. The molecule has 20 heavy (non-hydrogen) atoms. The molecule has 0 spiro atoms. The zero-order chi connectivity index (χ0) is 15.7. The maximum absolute atomic E-state index is 12.0. The smallest absolute Gasteiger partial charge is 0.325 e. The van der Waals surface area contributed by atoms with E-state index in [0.29, 0.717) is 0 Å². The van der Waals surface area contributed by atoms with Crippen molar-refractivity contribution >= 4 is 11.9 Å². The number of hydrogen-bond donors (Lipinski definition) is 4. The number of amides is 1. The van der Waals surface area contributed by atoms with Gasteiger partial charge in [0.25, 0.3) is 11.5 Å². The molecule has 0 aliphatic heterocycles. The van der Waals surface area contributed by atoms with Gasteiger partial charge in [0.1, 0.15) is 5.56 Å². The molecule has 0 bridgehead atoms. The van der Waals surface area contributed by atoms with Crippen LogP contribution in [0.15, 0.2) is 15.8 Å². The third-order valence-corrected chi connectivity index (χ3v) is 3.59. The second-order valence-electron chi connectivity index (χ2n) is 5.49. The quantitative estimate of drug-likeness (QED) is 0.601. The predicted molar refractivity (Wildman–Crippen MR) is 70.6 cm³/mol. The number of aliphatic carboxylic acids is 1. The first kappa shape index (κ1) is 15.7. The second-order valence-corrected chi connectivity index (χ2v) is 5.49. The SMILES string of the molecule is CC(C)(NC(=O)c1c[nH]c(=O)[nH]c1=O)C(C)(C)C(=O)O. The molecule has 8 heteroatoms. The zero-order valence-corrected chi connectivity index (χ0v) is 11.7. The Morgan fingerprint density at radius 2 is 1.75 bits per heavy atom. The van der Waals surface area contributed by atoms with Crippen LogP contribution in [-0.4, -0.2) is 32.5 Å². The van der Waals surface area contributed by atoms with Crippen molar-refractivity contribution in [3.63, 3.8) is 0 Å². The number of carboxylic acids is 1. The molecule has 0 atom stereocenters. The van der Waals surface area contributed by atoms with E-state index in [1.807, 2.05) is 4.98 Å². The minimum Gasteiger partial charge on any atom is -0.481 e. The van der Waals surface area contributed by atoms with Crippen molar-refractivity contribution in [2.75, 3.05) is 0 Å². The minimum absolute atomic E-state index is 0.293. The number of aromatic nitrogens is 2. The Labute approximate surface area is 114 Å². The van der Waals surface area contributed by atoms with Gasteiger partial charge >= 0.3 is 11.7 Å². The molecule has 0 fully saturated rings. The molecule has 0 aliphatic carbocycles. The van der Waals surface area contributed by atoms with Crippen molar-refractivity contribution in [2.24, 2.45) is 5.41 Å². The van der Waals surface area contributed by atoms with Crippen LogP contribution in [-0.2, 0) is 4.79 Å². The summed E-state index contributed by atoms with van der Waals surface area (Å²) in [5.74, 6) is -1.85. The summed E-state index contributed by atoms with van der Waals surface area (Å²) in [5.41, 5.74) is -4.22. The van der Waals surface area contributed by atoms with Crippen molar-refractivity contribution in [3.8, 4) is 0 Å². The van der Waals surface area contributed by atoms with E-state index in [2.05, 4.69) is 10.3 Å². The fraction of sp³-hybridized carbons (Fsp3) is 0.500. The lowest BCUT2D eigenvalue weighted by atomic mass is 9.74. The Morgan fingerprint density at radius 3 is 2.20 bits per heavy atom. The van der Waals surface area contributed by atoms with Gasteiger partial charge in [-0.05, 0) is 27.7 Å². The highest BCUT2D eigenvalue weighted by atomic mass is 16.4. The normalized spacial score (nSPS) is 12.0. The molecule has 0 aliphatic rings. The first-order valence-electron chi connectivity index (χ1n) is 5.87. The van der Waals surface area contributed by atoms with Crippen LogP contribution < -0.4 is 16.6 Å². The van der Waals surface area contributed by atoms with E-state index in [1.165, 1.54) is 13.8 Å². The van der Waals surface area contributed by atoms with Gasteiger partial charge in [0.2, 0.25) is 0 Å². The molecular weight excluding hydrogens is 266 g/mol. The second kappa shape index (κ2) is 4.95. The summed E-state index contributed by atoms with van der Waals surface area (Å²) in [6, 6.07) is 0. The summed E-state index contributed by atoms with van der Waals surface area (Å²) in [6.07, 6.45) is 0.986. The van der Waals surface area contributed by atoms with Gasteiger partial charge in [0.05, 0.1) is 11.0 Å². The molecule has 0 saturated carbocycles. The molecular formula is C12H17N3O5. The van der Waals surface area contributed by atoms with Crippen molar-refractivity contribution in [1.82, 2.24) is 15.3 Å². The summed E-state index contributed by atoms with van der Waals surface area (Å²) in [4.78, 5) is 49.7. The number of nitrogens with one attached hydrogen (secondary N) is 3. The number of rotatable bonds is 4. The number of carbonyl (C=O) groups is 2. The van der Waals surface area contributed by atoms with E-state index >= 15 is 0 Å². The van der Waals surface area contributed by atoms with Crippen molar-refractivity contribution in [3.05, 3.63) is 32.6 Å². The van der Waals surface area contributed by atoms with E-state index in [0.717, 1.165) is 6.20 Å². The first-order valence-corrected chi connectivity index (χ1v) is 5.87. The number of H-pyrrole nitrogens is 2. The molecule has 110 valence electrons. The molecule has 1 heterocycles. The van der Waals surface area contributed by atoms with Crippen molar-refractivity contribution in [1.29, 1.82) is 0 Å². The van der Waals surface area contributed by atoms with Gasteiger partial charge in [0.15, 0.2) is 0 Å². The van der Waals surface area contributed by atoms with Crippen LogP contribution in [0.1, 0.15) is 38.1 Å². The van der Waals surface area contributed by atoms with Gasteiger partial charge in [0, 0.05) is 6.20 Å². The van der Waals surface area contributed by atoms with Crippen LogP contribution in [0.4, 0.5) is 0 Å². The van der Waals surface area contributed by atoms with Gasteiger partial charge in [-0.1, -0.05) is 0 Å². The van der Waals surface area contributed by atoms with Crippen LogP contribution in [0.25, 0.3) is 0 Å². The van der Waals surface area contributed by atoms with Crippen molar-refractivity contribution < 1.29 is 14.7 Å². The molecule has 8 nitrogen and oxygen atoms in total. The fourth-order valence-electron chi connectivity index (χ4n) is 1.35. The Hall–Kier alpha value is -2.38. The summed E-state index contributed by atoms with van der Waals surface area (Å²) in [6.45, 7) is 6.01. The first-order chi connectivity index (χ1) is 8.99. The highest BCUT2D eigenvalue weighted by molar-refractivity contribution is 5.94. The van der Waals surface area contributed by atoms with E-state index < -0.39 is 34.1 Å². The van der Waals surface area contributed by atoms with Gasteiger partial charge in [-0.25, -0.2) is 4.79 Å². The predicted octanol–water partition coefficient (Wildman–Crippen LogP) is -0.318. The Kier molecular flexibility index (Phi) is 3.88. The van der Waals surface area contributed by atoms with Gasteiger partial charge in [-0.3, -0.25) is 19.4 Å². The summed E-state index contributed by atoms with van der Waals surface area (Å²) >= 11 is 0. The number of carbonyl (C=O) groups excluding carboxylic acids is 1. The molecule has 0 unspecified atom stereocenters. The van der Waals surface area contributed by atoms with Crippen LogP contribution in [0.5, 0.6) is 0 Å². The molecule has 0 radical (unpaired) electrons. The lowest BCUT2D eigenvalue weighted by molar-refractivity contribution is -0.150. The van der Waals surface area contributed by atoms with E-state index in [1.54, 1.807) is 13.8 Å². The maximum atomic E-state index is 12.0. The standard InChI is InChI=1S/C12H17N3O5/c1-11(2,9(18)19)12(3,4)15-8(17)6-5-13-10(20)14-7(6)16/h5H,1-4H3,(H,15,17)(H,18,19)(H2,13,14,16,20). The Bertz CT molecular complexity index is 654. The third-order valence-electron chi connectivity index (χ3n) is 3.59. The Balaban J connectivity index is 3.10. The van der Waals surface area contributed by atoms with E-state index in [-0.39, 0.29) is 5.56 Å². The van der Waals surface area contributed by atoms with Crippen molar-refractivity contribution in [2.45, 2.75) is 33.2 Å². The van der Waals surface area contributed by atoms with Crippen LogP contribution in [0.2, 0.25) is 0 Å². The third kappa shape index (κ3) is 2.79. The van der Waals surface area contributed by atoms with Crippen LogP contribution in [0, 0.1) is 5.41 Å². The van der Waals surface area contributed by atoms with Gasteiger partial charge < -0.3 is 15.4 Å². The number of aromatic amines is 2. The Morgan fingerprint density at radius 1 is 1.20 bits per heavy atom. The van der Waals surface area contributed by atoms with Gasteiger partial charge in [-0.15, -0.1) is 0 Å². The lowest BCUT2D eigenvalue weighted by Gasteiger charge is -2.38. The van der Waals surface area contributed by atoms with E-state index in [9.17, 15) is 24.3 Å². The average molecular weight is 283 g/mol. The minimum atomic E-state index is -1.25. The fourth-order valence-corrected chi connectivity index (χ4v) is 1.35. The highest BCUT2D eigenvalue weighted by Gasteiger charge is 2.44. The monoisotopic (exact) mass is 283 g/mol. The van der Waals surface area contributed by atoms with E-state index in [4.69, 9.17) is 0 Å². The maximum Gasteiger partial charge on any atom is 0.325 e. The molecule has 4 N–H and O–H groups in total. The molecule has 1 amide bonds. The largest absolute Gasteiger partial charge is 0.481 e. The molecule has 1 aromatic rings. The number of hydrogen-bond acceptors (Lipinski definition) is 4. The topological polar surface area (TPSA) is 132 Å². The highest BCUT2D eigenvalue weighted by Crippen LogP contribution is 2.30. The van der Waals surface area contributed by atoms with Crippen LogP contribution >= 0.6 is 0 Å². The van der Waals surface area contributed by atoms with Crippen LogP contribution in [0.3, 0.4) is 0 Å². The zero-order valence-electron chi connectivity index (χ0n) is 11.7. The summed E-state index contributed by atoms with van der Waals surface area (Å²) < 4.78 is 0. The molecule has 0 aromatic carbocycles. The average Bonchev–Trinajstić information content (AvgIpc) is 2.27. The molecule has 1 aromatic heterocycles. The summed E-state index contributed by atoms with van der Waals surface area (Å²) in [7, 11) is 0. The number of carboxylic acid groups (broad SMARTS) is 1.